The second kappa shape index (κ2) is 16.5. The molecule has 72 heavy (non-hydrogen) atoms. The van der Waals surface area contributed by atoms with Gasteiger partial charge in [-0.3, -0.25) is 13.7 Å². The minimum Gasteiger partial charge on any atom is -0.457 e. The Bertz CT molecular complexity index is 4210. The molecular formula is C63H43N7O2. The average molecular weight is 930 g/mol. The van der Waals surface area contributed by atoms with Gasteiger partial charge in [0.25, 0.3) is 0 Å². The molecule has 14 rings (SSSR count). The number of hydrogen-bond acceptors (Lipinski definition) is 6. The van der Waals surface area contributed by atoms with Gasteiger partial charge in [0.05, 0.1) is 38.6 Å². The van der Waals surface area contributed by atoms with E-state index in [2.05, 4.69) is 167 Å². The minimum atomic E-state index is 0.468. The molecule has 14 aromatic rings. The maximum Gasteiger partial charge on any atom is 0.235 e. The maximum atomic E-state index is 6.80. The number of para-hydroxylation sites is 2. The first kappa shape index (κ1) is 41.4. The van der Waals surface area contributed by atoms with Gasteiger partial charge in [0.2, 0.25) is 5.95 Å². The van der Waals surface area contributed by atoms with Crippen LogP contribution in [0, 0.1) is 0 Å². The molecule has 0 unspecified atom stereocenters. The molecular weight excluding hydrogens is 887 g/mol. The highest BCUT2D eigenvalue weighted by molar-refractivity contribution is 6.12. The van der Waals surface area contributed by atoms with E-state index in [-0.39, 0.29) is 0 Å². The van der Waals surface area contributed by atoms with Crippen LogP contribution in [0.2, 0.25) is 0 Å². The van der Waals surface area contributed by atoms with Crippen molar-refractivity contribution < 1.29 is 9.47 Å². The molecule has 0 saturated carbocycles. The topological polar surface area (TPSA) is 84.8 Å². The van der Waals surface area contributed by atoms with Crippen LogP contribution in [0.1, 0.15) is 25.3 Å². The van der Waals surface area contributed by atoms with Crippen LogP contribution in [0.4, 0.5) is 0 Å². The van der Waals surface area contributed by atoms with Gasteiger partial charge in [-0.25, -0.2) is 19.9 Å². The van der Waals surface area contributed by atoms with E-state index in [1.165, 1.54) is 5.56 Å². The van der Waals surface area contributed by atoms with Crippen molar-refractivity contribution in [3.8, 4) is 51.7 Å². The first-order valence-electron chi connectivity index (χ1n) is 24.2. The van der Waals surface area contributed by atoms with E-state index in [4.69, 9.17) is 29.4 Å². The second-order valence-electron chi connectivity index (χ2n) is 18.6. The third kappa shape index (κ3) is 6.85. The van der Waals surface area contributed by atoms with Crippen molar-refractivity contribution >= 4 is 76.3 Å². The first-order valence-corrected chi connectivity index (χ1v) is 24.2. The summed E-state index contributed by atoms with van der Waals surface area (Å²) in [4.78, 5) is 19.8. The van der Waals surface area contributed by atoms with E-state index in [1.54, 1.807) is 0 Å². The Balaban J connectivity index is 0.894. The van der Waals surface area contributed by atoms with E-state index in [1.807, 2.05) is 79.3 Å². The maximum absolute atomic E-state index is 6.80. The minimum absolute atomic E-state index is 0.468. The predicted molar refractivity (Wildman–Crippen MR) is 291 cm³/mol. The molecule has 0 radical (unpaired) electrons. The zero-order valence-corrected chi connectivity index (χ0v) is 39.3. The molecule has 0 bridgehead atoms. The molecule has 9 heteroatoms. The predicted octanol–water partition coefficient (Wildman–Crippen LogP) is 16.1. The number of pyridine rings is 2. The van der Waals surface area contributed by atoms with E-state index in [9.17, 15) is 0 Å². The van der Waals surface area contributed by atoms with Crippen LogP contribution in [0.3, 0.4) is 0 Å². The Morgan fingerprint density at radius 2 is 0.819 bits per heavy atom. The van der Waals surface area contributed by atoms with Crippen molar-refractivity contribution in [3.63, 3.8) is 0 Å². The summed E-state index contributed by atoms with van der Waals surface area (Å²) in [6.45, 7) is 4.43. The van der Waals surface area contributed by atoms with Crippen molar-refractivity contribution in [3.05, 3.63) is 224 Å². The van der Waals surface area contributed by atoms with E-state index in [0.717, 1.165) is 99.1 Å². The number of rotatable bonds is 9. The van der Waals surface area contributed by atoms with Gasteiger partial charge in [0.15, 0.2) is 0 Å². The molecule has 9 nitrogen and oxygen atoms in total. The Morgan fingerprint density at radius 3 is 1.29 bits per heavy atom. The lowest BCUT2D eigenvalue weighted by atomic mass is 9.98. The molecule has 0 amide bonds. The summed E-state index contributed by atoms with van der Waals surface area (Å²) in [6.07, 6.45) is 5.58. The number of hydrogen-bond donors (Lipinski definition) is 0. The summed E-state index contributed by atoms with van der Waals surface area (Å²) in [5.41, 5.74) is 10.4. The molecule has 6 aromatic heterocycles. The van der Waals surface area contributed by atoms with Crippen LogP contribution in [0.15, 0.2) is 219 Å². The quantitative estimate of drug-likeness (QED) is 0.143. The van der Waals surface area contributed by atoms with Gasteiger partial charge >= 0.3 is 0 Å². The monoisotopic (exact) mass is 929 g/mol. The number of ether oxygens (including phenoxy) is 2. The highest BCUT2D eigenvalue weighted by Crippen LogP contribution is 2.41. The van der Waals surface area contributed by atoms with Gasteiger partial charge in [-0.1, -0.05) is 92.7 Å². The molecule has 0 aliphatic carbocycles. The molecule has 6 heterocycles. The van der Waals surface area contributed by atoms with Crippen LogP contribution in [-0.4, -0.2) is 33.6 Å². The normalized spacial score (nSPS) is 11.9. The fraction of sp³-hybridized carbons (Fsp3) is 0.0476. The second-order valence-corrected chi connectivity index (χ2v) is 18.6. The van der Waals surface area contributed by atoms with Gasteiger partial charge in [0, 0.05) is 80.6 Å². The Morgan fingerprint density at radius 1 is 0.375 bits per heavy atom. The lowest BCUT2D eigenvalue weighted by Crippen LogP contribution is -2.01. The third-order valence-electron chi connectivity index (χ3n) is 13.9. The Hall–Kier alpha value is -9.60. The molecule has 0 aliphatic heterocycles. The molecule has 0 spiro atoms. The Labute approximate surface area is 413 Å². The molecule has 0 aliphatic rings. The van der Waals surface area contributed by atoms with Crippen LogP contribution in [-0.2, 0) is 0 Å². The third-order valence-corrected chi connectivity index (χ3v) is 13.9. The van der Waals surface area contributed by atoms with Crippen LogP contribution in [0.25, 0.3) is 105 Å². The standard InChI is InChI=1S/C63H43N7O2/c1-39(2)40-17-19-41(20-18-40)42-21-30-54-43(33-42)38-66-63(67-54)70-59-36-46(71-44-22-26-50-48-11-3-5-13-55(48)68(57(50)34-44)61-15-7-9-31-64-61)24-28-52(59)53-29-25-47(37-60(53)70)72-45-23-27-51-49-12-4-6-14-56(49)69(58(51)35-45)62-16-8-10-32-65-62/h3-39H,1-2H3. The molecule has 342 valence electrons. The van der Waals surface area contributed by atoms with Crippen molar-refractivity contribution in [2.75, 3.05) is 0 Å². The highest BCUT2D eigenvalue weighted by atomic mass is 16.5. The van der Waals surface area contributed by atoms with Gasteiger partial charge in [0.1, 0.15) is 34.6 Å². The molecule has 0 saturated heterocycles. The van der Waals surface area contributed by atoms with Gasteiger partial charge in [-0.05, 0) is 120 Å². The molecule has 0 fully saturated rings. The number of benzene rings is 8. The largest absolute Gasteiger partial charge is 0.457 e. The summed E-state index contributed by atoms with van der Waals surface area (Å²) in [5, 5.41) is 7.56. The summed E-state index contributed by atoms with van der Waals surface area (Å²) >= 11 is 0. The van der Waals surface area contributed by atoms with Crippen molar-refractivity contribution in [1.82, 2.24) is 33.6 Å². The zero-order valence-electron chi connectivity index (χ0n) is 39.3. The van der Waals surface area contributed by atoms with E-state index < -0.39 is 0 Å². The molecule has 0 atom stereocenters. The van der Waals surface area contributed by atoms with Crippen LogP contribution >= 0.6 is 0 Å². The van der Waals surface area contributed by atoms with Crippen molar-refractivity contribution in [2.45, 2.75) is 19.8 Å². The lowest BCUT2D eigenvalue weighted by Gasteiger charge is -2.11. The van der Waals surface area contributed by atoms with Gasteiger partial charge < -0.3 is 9.47 Å². The van der Waals surface area contributed by atoms with Gasteiger partial charge in [-0.2, -0.15) is 0 Å². The van der Waals surface area contributed by atoms with Crippen LogP contribution < -0.4 is 9.47 Å². The van der Waals surface area contributed by atoms with E-state index >= 15 is 0 Å². The summed E-state index contributed by atoms with van der Waals surface area (Å²) < 4.78 is 20.1. The van der Waals surface area contributed by atoms with Crippen molar-refractivity contribution in [2.24, 2.45) is 0 Å². The van der Waals surface area contributed by atoms with Crippen molar-refractivity contribution in [1.29, 1.82) is 0 Å². The Kier molecular flexibility index (Phi) is 9.50. The summed E-state index contributed by atoms with van der Waals surface area (Å²) in [6, 6.07) is 69.0. The van der Waals surface area contributed by atoms with Crippen LogP contribution in [0.5, 0.6) is 23.0 Å². The summed E-state index contributed by atoms with van der Waals surface area (Å²) in [5.74, 6) is 5.45. The molecule has 8 aromatic carbocycles. The lowest BCUT2D eigenvalue weighted by molar-refractivity contribution is 0.484. The fourth-order valence-electron chi connectivity index (χ4n) is 10.5. The SMILES string of the molecule is CC(C)c1ccc(-c2ccc3nc(-n4c5cc(Oc6ccc7c8ccccc8n(-c8ccccn8)c7c6)ccc5c5ccc(Oc6ccc7c8ccccc8n(-c8ccccn8)c7c6)cc54)ncc3c2)cc1. The highest BCUT2D eigenvalue weighted by Gasteiger charge is 2.20. The number of fused-ring (bicyclic) bond motifs is 10. The van der Waals surface area contributed by atoms with E-state index in [0.29, 0.717) is 34.9 Å². The number of aromatic nitrogens is 7. The first-order chi connectivity index (χ1) is 35.5. The zero-order chi connectivity index (χ0) is 47.9. The smallest absolute Gasteiger partial charge is 0.235 e. The number of nitrogens with zero attached hydrogens (tertiary/aromatic N) is 7. The summed E-state index contributed by atoms with van der Waals surface area (Å²) in [7, 11) is 0. The fourth-order valence-corrected chi connectivity index (χ4v) is 10.5. The van der Waals surface area contributed by atoms with Gasteiger partial charge in [-0.15, -0.1) is 0 Å². The average Bonchev–Trinajstić information content (AvgIpc) is 4.05. The molecule has 0 N–H and O–H groups in total.